The van der Waals surface area contributed by atoms with Crippen LogP contribution < -0.4 is 4.90 Å². The Balaban J connectivity index is 1.67. The zero-order chi connectivity index (χ0) is 19.0. The van der Waals surface area contributed by atoms with Crippen molar-refractivity contribution in [2.75, 3.05) is 11.4 Å². The lowest BCUT2D eigenvalue weighted by Crippen LogP contribution is -2.19. The van der Waals surface area contributed by atoms with E-state index >= 15 is 0 Å². The highest BCUT2D eigenvalue weighted by Crippen LogP contribution is 2.35. The number of rotatable bonds is 4. The second kappa shape index (κ2) is 7.26. The number of halogens is 2. The van der Waals surface area contributed by atoms with Gasteiger partial charge in [-0.1, -0.05) is 47.5 Å². The molecule has 0 aliphatic carbocycles. The van der Waals surface area contributed by atoms with E-state index in [1.165, 1.54) is 5.56 Å². The molecule has 3 aromatic rings. The van der Waals surface area contributed by atoms with E-state index in [0.29, 0.717) is 16.6 Å². The molecule has 0 fully saturated rings. The molecule has 4 rings (SSSR count). The third-order valence-corrected chi connectivity index (χ3v) is 5.49. The second-order valence-electron chi connectivity index (χ2n) is 6.64. The van der Waals surface area contributed by atoms with Crippen molar-refractivity contribution in [1.82, 2.24) is 0 Å². The first-order valence-electron chi connectivity index (χ1n) is 8.67. The van der Waals surface area contributed by atoms with Crippen molar-refractivity contribution >= 4 is 34.9 Å². The number of carbonyl (C=O) groups is 1. The maximum absolute atomic E-state index is 11.3. The van der Waals surface area contributed by atoms with Crippen LogP contribution in [0.4, 0.5) is 5.69 Å². The van der Waals surface area contributed by atoms with Gasteiger partial charge in [0.15, 0.2) is 0 Å². The van der Waals surface area contributed by atoms with Crippen LogP contribution in [0.3, 0.4) is 0 Å². The summed E-state index contributed by atoms with van der Waals surface area (Å²) in [4.78, 5) is 13.5. The van der Waals surface area contributed by atoms with Crippen molar-refractivity contribution < 1.29 is 9.90 Å². The molecule has 0 amide bonds. The Morgan fingerprint density at radius 1 is 1.00 bits per heavy atom. The van der Waals surface area contributed by atoms with Gasteiger partial charge in [-0.2, -0.15) is 0 Å². The van der Waals surface area contributed by atoms with Gasteiger partial charge < -0.3 is 10.0 Å². The predicted octanol–water partition coefficient (Wildman–Crippen LogP) is 5.92. The van der Waals surface area contributed by atoms with Gasteiger partial charge in [0.2, 0.25) is 0 Å². The number of benzene rings is 3. The Bertz CT molecular complexity index is 1030. The molecular formula is C22H17Cl2NO2. The number of hydrogen-bond acceptors (Lipinski definition) is 2. The molecule has 1 heterocycles. The third kappa shape index (κ3) is 3.66. The molecule has 1 aliphatic rings. The molecule has 0 atom stereocenters. The van der Waals surface area contributed by atoms with E-state index in [9.17, 15) is 9.90 Å². The fourth-order valence-corrected chi connectivity index (χ4v) is 3.86. The fourth-order valence-electron chi connectivity index (χ4n) is 3.49. The number of hydrogen-bond donors (Lipinski definition) is 1. The van der Waals surface area contributed by atoms with Crippen LogP contribution in [0.1, 0.15) is 21.5 Å². The standard InChI is InChI=1S/C22H17Cl2NO2/c23-19-6-7-20(24)18(11-19)13-25-9-8-14-4-5-16(12-21(14)25)15-2-1-3-17(10-15)22(26)27/h1-7,10-12H,8-9,13H2,(H,26,27). The molecule has 3 aromatic carbocycles. The number of fused-ring (bicyclic) bond motifs is 1. The van der Waals surface area contributed by atoms with Crippen LogP contribution >= 0.6 is 23.2 Å². The smallest absolute Gasteiger partial charge is 0.335 e. The van der Waals surface area contributed by atoms with Crippen LogP contribution in [0.15, 0.2) is 60.7 Å². The SMILES string of the molecule is O=C(O)c1cccc(-c2ccc3c(c2)N(Cc2cc(Cl)ccc2Cl)CC3)c1. The van der Waals surface area contributed by atoms with Gasteiger partial charge in [0, 0.05) is 28.8 Å². The maximum Gasteiger partial charge on any atom is 0.335 e. The lowest BCUT2D eigenvalue weighted by molar-refractivity contribution is 0.0697. The van der Waals surface area contributed by atoms with Gasteiger partial charge in [0.25, 0.3) is 0 Å². The molecule has 0 spiro atoms. The molecule has 0 radical (unpaired) electrons. The van der Waals surface area contributed by atoms with Crippen molar-refractivity contribution in [3.8, 4) is 11.1 Å². The number of nitrogens with zero attached hydrogens (tertiary/aromatic N) is 1. The molecule has 3 nitrogen and oxygen atoms in total. The summed E-state index contributed by atoms with van der Waals surface area (Å²) in [6.45, 7) is 1.60. The monoisotopic (exact) mass is 397 g/mol. The number of aromatic carboxylic acids is 1. The molecular weight excluding hydrogens is 381 g/mol. The van der Waals surface area contributed by atoms with E-state index < -0.39 is 5.97 Å². The van der Waals surface area contributed by atoms with Gasteiger partial charge in [-0.05, 0) is 65.1 Å². The summed E-state index contributed by atoms with van der Waals surface area (Å²) < 4.78 is 0. The van der Waals surface area contributed by atoms with Gasteiger partial charge in [0.1, 0.15) is 0 Å². The molecule has 0 unspecified atom stereocenters. The van der Waals surface area contributed by atoms with E-state index in [1.807, 2.05) is 18.2 Å². The van der Waals surface area contributed by atoms with Crippen LogP contribution in [0.5, 0.6) is 0 Å². The summed E-state index contributed by atoms with van der Waals surface area (Å²) in [5.74, 6) is -0.921. The fraction of sp³-hybridized carbons (Fsp3) is 0.136. The minimum atomic E-state index is -0.921. The minimum Gasteiger partial charge on any atom is -0.478 e. The Morgan fingerprint density at radius 3 is 2.63 bits per heavy atom. The van der Waals surface area contributed by atoms with E-state index in [2.05, 4.69) is 23.1 Å². The van der Waals surface area contributed by atoms with Crippen molar-refractivity contribution in [2.45, 2.75) is 13.0 Å². The van der Waals surface area contributed by atoms with E-state index in [0.717, 1.165) is 35.3 Å². The molecule has 0 saturated heterocycles. The first-order chi connectivity index (χ1) is 13.0. The highest BCUT2D eigenvalue weighted by molar-refractivity contribution is 6.33. The minimum absolute atomic E-state index is 0.288. The average molecular weight is 398 g/mol. The molecule has 136 valence electrons. The summed E-state index contributed by atoms with van der Waals surface area (Å²) in [6, 6.07) is 18.8. The van der Waals surface area contributed by atoms with E-state index in [-0.39, 0.29) is 5.56 Å². The number of anilines is 1. The third-order valence-electron chi connectivity index (χ3n) is 4.89. The molecule has 0 bridgehead atoms. The Hall–Kier alpha value is -2.49. The van der Waals surface area contributed by atoms with Crippen LogP contribution in [0.2, 0.25) is 10.0 Å². The zero-order valence-electron chi connectivity index (χ0n) is 14.5. The van der Waals surface area contributed by atoms with Crippen molar-refractivity contribution in [3.05, 3.63) is 87.4 Å². The van der Waals surface area contributed by atoms with Crippen molar-refractivity contribution in [2.24, 2.45) is 0 Å². The lowest BCUT2D eigenvalue weighted by atomic mass is 10.0. The summed E-state index contributed by atoms with van der Waals surface area (Å²) in [5.41, 5.74) is 5.62. The van der Waals surface area contributed by atoms with Crippen LogP contribution in [0, 0.1) is 0 Å². The van der Waals surface area contributed by atoms with Crippen LogP contribution in [0.25, 0.3) is 11.1 Å². The van der Waals surface area contributed by atoms with E-state index in [4.69, 9.17) is 23.2 Å². The Morgan fingerprint density at radius 2 is 1.81 bits per heavy atom. The summed E-state index contributed by atoms with van der Waals surface area (Å²) >= 11 is 12.5. The van der Waals surface area contributed by atoms with Crippen LogP contribution in [-0.4, -0.2) is 17.6 Å². The van der Waals surface area contributed by atoms with Gasteiger partial charge in [-0.3, -0.25) is 0 Å². The summed E-state index contributed by atoms with van der Waals surface area (Å²) in [5, 5.41) is 10.6. The molecule has 1 aliphatic heterocycles. The van der Waals surface area contributed by atoms with Crippen molar-refractivity contribution in [3.63, 3.8) is 0 Å². The van der Waals surface area contributed by atoms with Crippen LogP contribution in [-0.2, 0) is 13.0 Å². The zero-order valence-corrected chi connectivity index (χ0v) is 16.0. The average Bonchev–Trinajstić information content (AvgIpc) is 3.07. The topological polar surface area (TPSA) is 40.5 Å². The predicted molar refractivity (Wildman–Crippen MR) is 110 cm³/mol. The molecule has 27 heavy (non-hydrogen) atoms. The quantitative estimate of drug-likeness (QED) is 0.593. The first kappa shape index (κ1) is 17.9. The largest absolute Gasteiger partial charge is 0.478 e. The first-order valence-corrected chi connectivity index (χ1v) is 9.42. The van der Waals surface area contributed by atoms with Gasteiger partial charge >= 0.3 is 5.97 Å². The normalized spacial score (nSPS) is 12.9. The van der Waals surface area contributed by atoms with E-state index in [1.54, 1.807) is 24.3 Å². The Kier molecular flexibility index (Phi) is 4.81. The number of carboxylic acids is 1. The summed E-state index contributed by atoms with van der Waals surface area (Å²) in [6.07, 6.45) is 0.975. The van der Waals surface area contributed by atoms with Gasteiger partial charge in [0.05, 0.1) is 5.56 Å². The molecule has 5 heteroatoms. The second-order valence-corrected chi connectivity index (χ2v) is 7.48. The highest BCUT2D eigenvalue weighted by atomic mass is 35.5. The van der Waals surface area contributed by atoms with Crippen molar-refractivity contribution in [1.29, 1.82) is 0 Å². The maximum atomic E-state index is 11.3. The number of carboxylic acid groups (broad SMARTS) is 1. The Labute approximate surface area is 167 Å². The highest BCUT2D eigenvalue weighted by Gasteiger charge is 2.21. The molecule has 0 aromatic heterocycles. The lowest BCUT2D eigenvalue weighted by Gasteiger charge is -2.21. The van der Waals surface area contributed by atoms with Gasteiger partial charge in [-0.15, -0.1) is 0 Å². The molecule has 1 N–H and O–H groups in total. The van der Waals surface area contributed by atoms with Gasteiger partial charge in [-0.25, -0.2) is 4.79 Å². The molecule has 0 saturated carbocycles. The summed E-state index contributed by atoms with van der Waals surface area (Å²) in [7, 11) is 0.